The zero-order chi connectivity index (χ0) is 27.5. The molecular weight excluding hydrogens is 509 g/mol. The van der Waals surface area contributed by atoms with Gasteiger partial charge in [-0.25, -0.2) is 13.2 Å². The Bertz CT molecular complexity index is 988. The molecule has 0 fully saturated rings. The van der Waals surface area contributed by atoms with Gasteiger partial charge in [0, 0.05) is 12.2 Å². The van der Waals surface area contributed by atoms with Crippen LogP contribution >= 0.6 is 0 Å². The van der Waals surface area contributed by atoms with Crippen LogP contribution in [-0.2, 0) is 29.1 Å². The lowest BCUT2D eigenvalue weighted by Gasteiger charge is -2.29. The maximum atomic E-state index is 13.5. The molecule has 1 rings (SSSR count). The monoisotopic (exact) mass is 540 g/mol. The fourth-order valence-electron chi connectivity index (χ4n) is 3.26. The Morgan fingerprint density at radius 3 is 2.19 bits per heavy atom. The minimum atomic E-state index is -4.83. The van der Waals surface area contributed by atoms with Crippen LogP contribution in [0.25, 0.3) is 0 Å². The highest BCUT2D eigenvalue weighted by Gasteiger charge is 2.41. The zero-order valence-electron chi connectivity index (χ0n) is 20.1. The molecule has 1 aromatic rings. The molecule has 4 N–H and O–H groups in total. The van der Waals surface area contributed by atoms with Crippen LogP contribution in [0.15, 0.2) is 29.2 Å². The van der Waals surface area contributed by atoms with Crippen LogP contribution < -0.4 is 16.4 Å². The van der Waals surface area contributed by atoms with Crippen molar-refractivity contribution in [3.05, 3.63) is 24.3 Å². The van der Waals surface area contributed by atoms with Crippen molar-refractivity contribution in [3.63, 3.8) is 0 Å². The Balaban J connectivity index is 3.05. The van der Waals surface area contributed by atoms with Gasteiger partial charge in [0.15, 0.2) is 0 Å². The molecule has 11 nitrogen and oxygen atoms in total. The number of hydrogen-bond donors (Lipinski definition) is 3. The van der Waals surface area contributed by atoms with Crippen molar-refractivity contribution < 1.29 is 45.4 Å². The molecule has 204 valence electrons. The Labute approximate surface area is 207 Å². The summed E-state index contributed by atoms with van der Waals surface area (Å²) in [5.41, 5.74) is 5.93. The maximum absolute atomic E-state index is 13.5. The first-order valence-corrected chi connectivity index (χ1v) is 12.3. The van der Waals surface area contributed by atoms with Gasteiger partial charge in [-0.1, -0.05) is 6.92 Å². The number of ether oxygens (including phenoxy) is 2. The highest BCUT2D eigenvalue weighted by atomic mass is 32.2. The van der Waals surface area contributed by atoms with E-state index in [0.717, 1.165) is 18.5 Å². The summed E-state index contributed by atoms with van der Waals surface area (Å²) >= 11 is 0. The smallest absolute Gasteiger partial charge is 0.408 e. The van der Waals surface area contributed by atoms with E-state index in [-0.39, 0.29) is 24.3 Å². The Kier molecular flexibility index (Phi) is 11.9. The van der Waals surface area contributed by atoms with E-state index < -0.39 is 59.2 Å². The number of alkyl halides is 3. The molecule has 1 unspecified atom stereocenters. The maximum Gasteiger partial charge on any atom is 0.408 e. The van der Waals surface area contributed by atoms with E-state index in [4.69, 9.17) is 10.5 Å². The van der Waals surface area contributed by atoms with Crippen molar-refractivity contribution in [1.82, 2.24) is 14.9 Å². The molecule has 36 heavy (non-hydrogen) atoms. The number of rotatable bonds is 13. The third-order valence-electron chi connectivity index (χ3n) is 5.03. The summed E-state index contributed by atoms with van der Waals surface area (Å²) in [4.78, 5) is 35.2. The van der Waals surface area contributed by atoms with Crippen molar-refractivity contribution in [2.75, 3.05) is 33.0 Å². The fourth-order valence-corrected chi connectivity index (χ4v) is 4.96. The number of benzene rings is 1. The van der Waals surface area contributed by atoms with Gasteiger partial charge in [0.1, 0.15) is 18.6 Å². The van der Waals surface area contributed by atoms with E-state index in [2.05, 4.69) is 4.74 Å². The fraction of sp³-hybridized carbons (Fsp3) is 0.571. The van der Waals surface area contributed by atoms with Crippen LogP contribution in [0.1, 0.15) is 32.6 Å². The minimum absolute atomic E-state index is 0.0922. The normalized spacial score (nSPS) is 13.5. The lowest BCUT2D eigenvalue weighted by Crippen LogP contribution is -2.49. The van der Waals surface area contributed by atoms with Gasteiger partial charge >= 0.3 is 18.2 Å². The number of alkyl carbamates (subject to hydrolysis) is 1. The number of nitrogen functional groups attached to an aromatic ring is 1. The van der Waals surface area contributed by atoms with Crippen molar-refractivity contribution in [3.8, 4) is 0 Å². The molecule has 1 aromatic carbocycles. The third kappa shape index (κ3) is 9.18. The van der Waals surface area contributed by atoms with E-state index in [1.54, 1.807) is 12.2 Å². The molecule has 15 heteroatoms. The molecular formula is C21H31F3N4O7S. The summed E-state index contributed by atoms with van der Waals surface area (Å²) < 4.78 is 76.8. The quantitative estimate of drug-likeness (QED) is 0.252. The van der Waals surface area contributed by atoms with Crippen LogP contribution in [0.2, 0.25) is 0 Å². The highest BCUT2D eigenvalue weighted by Crippen LogP contribution is 2.27. The zero-order valence-corrected chi connectivity index (χ0v) is 20.9. The van der Waals surface area contributed by atoms with Crippen molar-refractivity contribution in [1.29, 1.82) is 0 Å². The van der Waals surface area contributed by atoms with Crippen LogP contribution in [0.5, 0.6) is 0 Å². The number of carbonyl (C=O) groups is 3. The molecule has 0 aromatic heterocycles. The number of sulfonamides is 1. The van der Waals surface area contributed by atoms with Gasteiger partial charge in [-0.2, -0.15) is 17.5 Å². The molecule has 0 saturated carbocycles. The molecule has 0 heterocycles. The van der Waals surface area contributed by atoms with E-state index in [0.29, 0.717) is 12.1 Å². The molecule has 0 aliphatic rings. The number of carbonyl (C=O) groups excluding carboxylic acids is 3. The summed E-state index contributed by atoms with van der Waals surface area (Å²) in [6.45, 7) is 0.844. The summed E-state index contributed by atoms with van der Waals surface area (Å²) in [7, 11) is -2.15. The van der Waals surface area contributed by atoms with Crippen LogP contribution in [-0.4, -0.2) is 76.3 Å². The Morgan fingerprint density at radius 1 is 1.08 bits per heavy atom. The Morgan fingerprint density at radius 2 is 1.69 bits per heavy atom. The third-order valence-corrected chi connectivity index (χ3v) is 6.95. The number of nitrogens with zero attached hydrogens (tertiary/aromatic N) is 1. The van der Waals surface area contributed by atoms with Gasteiger partial charge in [-0.3, -0.25) is 9.59 Å². The number of anilines is 1. The average molecular weight is 541 g/mol. The van der Waals surface area contributed by atoms with Crippen molar-refractivity contribution >= 4 is 33.7 Å². The van der Waals surface area contributed by atoms with E-state index in [9.17, 15) is 36.0 Å². The van der Waals surface area contributed by atoms with E-state index >= 15 is 0 Å². The first-order valence-electron chi connectivity index (χ1n) is 10.9. The number of hydrogen-bond acceptors (Lipinski definition) is 8. The predicted molar refractivity (Wildman–Crippen MR) is 123 cm³/mol. The summed E-state index contributed by atoms with van der Waals surface area (Å²) in [5, 5.41) is 3.74. The van der Waals surface area contributed by atoms with Crippen LogP contribution in [0, 0.1) is 0 Å². The van der Waals surface area contributed by atoms with Crippen molar-refractivity contribution in [2.24, 2.45) is 0 Å². The lowest BCUT2D eigenvalue weighted by atomic mass is 10.0. The number of nitrogens with one attached hydrogen (secondary N) is 2. The van der Waals surface area contributed by atoms with E-state index in [1.165, 1.54) is 24.3 Å². The molecule has 2 amide bonds. The molecule has 2 atom stereocenters. The second-order valence-electron chi connectivity index (χ2n) is 7.66. The first-order chi connectivity index (χ1) is 16.8. The van der Waals surface area contributed by atoms with Gasteiger partial charge in [0.2, 0.25) is 15.9 Å². The first kappa shape index (κ1) is 31.0. The average Bonchev–Trinajstić information content (AvgIpc) is 2.82. The van der Waals surface area contributed by atoms with Gasteiger partial charge in [-0.05, 0) is 49.9 Å². The second-order valence-corrected chi connectivity index (χ2v) is 9.55. The van der Waals surface area contributed by atoms with Crippen molar-refractivity contribution in [2.45, 2.75) is 55.8 Å². The van der Waals surface area contributed by atoms with Gasteiger partial charge in [0.05, 0.1) is 19.1 Å². The molecule has 0 saturated heterocycles. The summed E-state index contributed by atoms with van der Waals surface area (Å²) in [6, 6.07) is 1.57. The molecule has 0 aliphatic carbocycles. The van der Waals surface area contributed by atoms with Gasteiger partial charge < -0.3 is 25.8 Å². The molecule has 0 radical (unpaired) electrons. The molecule has 0 spiro atoms. The number of amides is 2. The highest BCUT2D eigenvalue weighted by molar-refractivity contribution is 7.89. The van der Waals surface area contributed by atoms with Gasteiger partial charge in [-0.15, -0.1) is 0 Å². The number of methoxy groups -OCH3 is 2. The topological polar surface area (TPSA) is 157 Å². The number of esters is 1. The van der Waals surface area contributed by atoms with Crippen LogP contribution in [0.4, 0.5) is 23.7 Å². The lowest BCUT2D eigenvalue weighted by molar-refractivity contribution is -0.163. The number of halogens is 3. The largest absolute Gasteiger partial charge is 0.468 e. The molecule has 0 bridgehead atoms. The van der Waals surface area contributed by atoms with Crippen LogP contribution in [0.3, 0.4) is 0 Å². The van der Waals surface area contributed by atoms with E-state index in [1.807, 2.05) is 5.32 Å². The predicted octanol–water partition coefficient (Wildman–Crippen LogP) is 1.78. The second kappa shape index (κ2) is 13.9. The SMILES string of the molecule is CCCN(C(CCC[C@@H](NC(=O)CNC(=O)OC)C(F)(F)F)C(=O)OC)S(=O)(=O)c1ccc(N)cc1. The minimum Gasteiger partial charge on any atom is -0.468 e. The van der Waals surface area contributed by atoms with Gasteiger partial charge in [0.25, 0.3) is 0 Å². The Hall–Kier alpha value is -3.07. The molecule has 0 aliphatic heterocycles. The standard InChI is InChI=1S/C21H31F3N4O7S/c1-4-12-28(36(32,33)15-10-8-14(25)9-11-15)16(19(30)34-2)6-5-7-17(21(22,23)24)27-18(29)13-26-20(31)35-3/h8-11,16-17H,4-7,12-13,25H2,1-3H3,(H,26,31)(H,27,29)/t16?,17-/m1/s1. The summed E-state index contributed by atoms with van der Waals surface area (Å²) in [6.07, 6.45) is -6.75. The summed E-state index contributed by atoms with van der Waals surface area (Å²) in [5.74, 6) is -2.04. The number of nitrogens with two attached hydrogens (primary N) is 1.